The number of carbonyl (C=O) groups is 1. The van der Waals surface area contributed by atoms with Gasteiger partial charge in [0.1, 0.15) is 6.04 Å². The second-order valence-electron chi connectivity index (χ2n) is 4.59. The number of sulfonamides is 1. The quantitative estimate of drug-likeness (QED) is 0.897. The highest BCUT2D eigenvalue weighted by Crippen LogP contribution is 2.29. The number of aryl methyl sites for hydroxylation is 1. The first-order chi connectivity index (χ1) is 8.84. The number of carbonyl (C=O) groups excluding carboxylic acids is 1. The van der Waals surface area contributed by atoms with Gasteiger partial charge < -0.3 is 5.73 Å². The summed E-state index contributed by atoms with van der Waals surface area (Å²) in [6, 6.07) is 4.33. The van der Waals surface area contributed by atoms with Crippen molar-refractivity contribution >= 4 is 31.9 Å². The van der Waals surface area contributed by atoms with Crippen molar-refractivity contribution in [2.75, 3.05) is 6.54 Å². The van der Waals surface area contributed by atoms with Gasteiger partial charge in [-0.1, -0.05) is 22.0 Å². The molecule has 1 atom stereocenters. The minimum Gasteiger partial charge on any atom is -0.368 e. The van der Waals surface area contributed by atoms with E-state index in [0.717, 1.165) is 0 Å². The standard InChI is InChI=1S/C12H15BrN2O3S/c1-8-4-5-9(13)7-11(8)19(17,18)15-6-2-3-10(15)12(14)16/h4-5,7,10H,2-3,6H2,1H3,(H2,14,16). The first-order valence-electron chi connectivity index (χ1n) is 5.91. The summed E-state index contributed by atoms with van der Waals surface area (Å²) in [6.45, 7) is 2.07. The van der Waals surface area contributed by atoms with Gasteiger partial charge in [-0.05, 0) is 37.5 Å². The molecule has 1 aliphatic rings. The third-order valence-corrected chi connectivity index (χ3v) is 5.81. The van der Waals surface area contributed by atoms with Gasteiger partial charge in [-0.2, -0.15) is 4.31 Å². The van der Waals surface area contributed by atoms with Gasteiger partial charge in [-0.3, -0.25) is 4.79 Å². The van der Waals surface area contributed by atoms with E-state index in [0.29, 0.717) is 29.4 Å². The summed E-state index contributed by atoms with van der Waals surface area (Å²) < 4.78 is 27.1. The van der Waals surface area contributed by atoms with Crippen LogP contribution in [-0.4, -0.2) is 31.2 Å². The highest BCUT2D eigenvalue weighted by molar-refractivity contribution is 9.10. The summed E-state index contributed by atoms with van der Waals surface area (Å²) in [6.07, 6.45) is 1.14. The molecule has 1 saturated heterocycles. The molecule has 104 valence electrons. The van der Waals surface area contributed by atoms with Crippen LogP contribution in [0.4, 0.5) is 0 Å². The molecule has 0 bridgehead atoms. The van der Waals surface area contributed by atoms with E-state index in [9.17, 15) is 13.2 Å². The van der Waals surface area contributed by atoms with Crippen molar-refractivity contribution in [2.45, 2.75) is 30.7 Å². The molecule has 2 rings (SSSR count). The number of benzene rings is 1. The Morgan fingerprint density at radius 1 is 1.47 bits per heavy atom. The maximum absolute atomic E-state index is 12.6. The number of hydrogen-bond donors (Lipinski definition) is 1. The van der Waals surface area contributed by atoms with Crippen LogP contribution in [0.2, 0.25) is 0 Å². The Morgan fingerprint density at radius 2 is 2.16 bits per heavy atom. The van der Waals surface area contributed by atoms with Gasteiger partial charge in [0.05, 0.1) is 4.90 Å². The van der Waals surface area contributed by atoms with Crippen molar-refractivity contribution in [2.24, 2.45) is 5.73 Å². The molecule has 19 heavy (non-hydrogen) atoms. The molecule has 0 radical (unpaired) electrons. The van der Waals surface area contributed by atoms with Gasteiger partial charge in [0.25, 0.3) is 0 Å². The van der Waals surface area contributed by atoms with Gasteiger partial charge in [-0.15, -0.1) is 0 Å². The molecule has 0 spiro atoms. The number of rotatable bonds is 3. The van der Waals surface area contributed by atoms with Gasteiger partial charge in [0, 0.05) is 11.0 Å². The Morgan fingerprint density at radius 3 is 2.79 bits per heavy atom. The number of nitrogens with zero attached hydrogens (tertiary/aromatic N) is 1. The van der Waals surface area contributed by atoms with Gasteiger partial charge >= 0.3 is 0 Å². The Bertz CT molecular complexity index is 615. The number of primary amides is 1. The smallest absolute Gasteiger partial charge is 0.244 e. The molecular weight excluding hydrogens is 332 g/mol. The first kappa shape index (κ1) is 14.5. The van der Waals surface area contributed by atoms with E-state index in [-0.39, 0.29) is 4.90 Å². The van der Waals surface area contributed by atoms with E-state index in [1.165, 1.54) is 4.31 Å². The van der Waals surface area contributed by atoms with E-state index < -0.39 is 22.0 Å². The zero-order valence-electron chi connectivity index (χ0n) is 10.5. The van der Waals surface area contributed by atoms with Crippen LogP contribution in [0, 0.1) is 6.92 Å². The minimum atomic E-state index is -3.68. The van der Waals surface area contributed by atoms with E-state index in [2.05, 4.69) is 15.9 Å². The van der Waals surface area contributed by atoms with Gasteiger partial charge in [0.15, 0.2) is 0 Å². The molecule has 1 aliphatic heterocycles. The predicted molar refractivity (Wildman–Crippen MR) is 75.0 cm³/mol. The fourth-order valence-corrected chi connectivity index (χ4v) is 4.72. The van der Waals surface area contributed by atoms with Crippen molar-refractivity contribution < 1.29 is 13.2 Å². The fourth-order valence-electron chi connectivity index (χ4n) is 2.29. The Hall–Kier alpha value is -0.920. The summed E-state index contributed by atoms with van der Waals surface area (Å²) in [7, 11) is -3.68. The highest BCUT2D eigenvalue weighted by Gasteiger charge is 2.38. The largest absolute Gasteiger partial charge is 0.368 e. The summed E-state index contributed by atoms with van der Waals surface area (Å²) in [5.41, 5.74) is 5.93. The number of halogens is 1. The lowest BCUT2D eigenvalue weighted by atomic mass is 10.2. The van der Waals surface area contributed by atoms with Crippen molar-refractivity contribution in [1.82, 2.24) is 4.31 Å². The second kappa shape index (κ2) is 5.22. The van der Waals surface area contributed by atoms with Crippen LogP contribution in [0.5, 0.6) is 0 Å². The van der Waals surface area contributed by atoms with Crippen LogP contribution < -0.4 is 5.73 Å². The van der Waals surface area contributed by atoms with E-state index in [1.807, 2.05) is 0 Å². The molecule has 0 aromatic heterocycles. The molecule has 1 amide bonds. The van der Waals surface area contributed by atoms with Gasteiger partial charge in [-0.25, -0.2) is 8.42 Å². The molecule has 5 nitrogen and oxygen atoms in total. The van der Waals surface area contributed by atoms with Crippen molar-refractivity contribution in [3.05, 3.63) is 28.2 Å². The molecule has 7 heteroatoms. The van der Waals surface area contributed by atoms with Crippen molar-refractivity contribution in [3.63, 3.8) is 0 Å². The van der Waals surface area contributed by atoms with E-state index in [1.54, 1.807) is 25.1 Å². The summed E-state index contributed by atoms with van der Waals surface area (Å²) in [5, 5.41) is 0. The monoisotopic (exact) mass is 346 g/mol. The molecule has 0 saturated carbocycles. The average molecular weight is 347 g/mol. The lowest BCUT2D eigenvalue weighted by Gasteiger charge is -2.22. The third kappa shape index (κ3) is 2.68. The lowest BCUT2D eigenvalue weighted by Crippen LogP contribution is -2.43. The zero-order chi connectivity index (χ0) is 14.2. The summed E-state index contributed by atoms with van der Waals surface area (Å²) in [5.74, 6) is -0.589. The van der Waals surface area contributed by atoms with E-state index >= 15 is 0 Å². The number of amides is 1. The molecule has 1 fully saturated rings. The van der Waals surface area contributed by atoms with Gasteiger partial charge in [0.2, 0.25) is 15.9 Å². The Kier molecular flexibility index (Phi) is 3.98. The second-order valence-corrected chi connectivity index (χ2v) is 7.36. The van der Waals surface area contributed by atoms with Crippen LogP contribution in [0.1, 0.15) is 18.4 Å². The Balaban J connectivity index is 2.48. The van der Waals surface area contributed by atoms with E-state index in [4.69, 9.17) is 5.73 Å². The normalized spacial score (nSPS) is 20.6. The lowest BCUT2D eigenvalue weighted by molar-refractivity contribution is -0.121. The average Bonchev–Trinajstić information content (AvgIpc) is 2.82. The molecule has 1 heterocycles. The minimum absolute atomic E-state index is 0.218. The molecule has 1 aromatic rings. The third-order valence-electron chi connectivity index (χ3n) is 3.27. The van der Waals surface area contributed by atoms with Crippen LogP contribution in [0.25, 0.3) is 0 Å². The molecule has 2 N–H and O–H groups in total. The molecule has 1 unspecified atom stereocenters. The topological polar surface area (TPSA) is 80.5 Å². The van der Waals surface area contributed by atoms with Crippen molar-refractivity contribution in [1.29, 1.82) is 0 Å². The summed E-state index contributed by atoms with van der Waals surface area (Å²) >= 11 is 3.27. The molecule has 1 aromatic carbocycles. The van der Waals surface area contributed by atoms with Crippen molar-refractivity contribution in [3.8, 4) is 0 Å². The first-order valence-corrected chi connectivity index (χ1v) is 8.14. The van der Waals surface area contributed by atoms with Crippen LogP contribution in [-0.2, 0) is 14.8 Å². The maximum atomic E-state index is 12.6. The summed E-state index contributed by atoms with van der Waals surface area (Å²) in [4.78, 5) is 11.6. The highest BCUT2D eigenvalue weighted by atomic mass is 79.9. The molecule has 0 aliphatic carbocycles. The SMILES string of the molecule is Cc1ccc(Br)cc1S(=O)(=O)N1CCCC1C(N)=O. The Labute approximate surface area is 121 Å². The molecular formula is C12H15BrN2O3S. The van der Waals surface area contributed by atoms with Crippen LogP contribution in [0.15, 0.2) is 27.6 Å². The van der Waals surface area contributed by atoms with Crippen LogP contribution in [0.3, 0.4) is 0 Å². The zero-order valence-corrected chi connectivity index (χ0v) is 12.9. The fraction of sp³-hybridized carbons (Fsp3) is 0.417. The number of hydrogen-bond acceptors (Lipinski definition) is 3. The maximum Gasteiger partial charge on any atom is 0.244 e. The van der Waals surface area contributed by atoms with Crippen LogP contribution >= 0.6 is 15.9 Å². The number of nitrogens with two attached hydrogens (primary N) is 1. The predicted octanol–water partition coefficient (Wildman–Crippen LogP) is 1.40.